The van der Waals surface area contributed by atoms with Gasteiger partial charge in [-0.05, 0) is 18.5 Å². The van der Waals surface area contributed by atoms with Gasteiger partial charge in [0.1, 0.15) is 5.82 Å². The Morgan fingerprint density at radius 2 is 2.20 bits per heavy atom. The number of anilines is 1. The molecule has 1 aliphatic heterocycles. The Morgan fingerprint density at radius 1 is 1.40 bits per heavy atom. The fraction of sp³-hybridized carbons (Fsp3) is 0.286. The highest BCUT2D eigenvalue weighted by Crippen LogP contribution is 2.36. The van der Waals surface area contributed by atoms with Gasteiger partial charge in [0, 0.05) is 28.6 Å². The Hall–Kier alpha value is -1.66. The third kappa shape index (κ3) is 2.25. The van der Waals surface area contributed by atoms with E-state index in [1.807, 2.05) is 24.3 Å². The van der Waals surface area contributed by atoms with Crippen LogP contribution in [0.25, 0.3) is 11.1 Å². The second-order valence-electron chi connectivity index (χ2n) is 4.92. The highest BCUT2D eigenvalue weighted by atomic mass is 79.9. The molecule has 104 valence electrons. The zero-order valence-electron chi connectivity index (χ0n) is 10.8. The molecule has 0 aliphatic carbocycles. The Morgan fingerprint density at radius 3 is 2.90 bits per heavy atom. The molecule has 3 N–H and O–H groups in total. The first-order valence-electron chi connectivity index (χ1n) is 6.49. The lowest BCUT2D eigenvalue weighted by molar-refractivity contribution is -0.117. The summed E-state index contributed by atoms with van der Waals surface area (Å²) in [5, 5.41) is 7.04. The molecule has 1 unspecified atom stereocenters. The summed E-state index contributed by atoms with van der Waals surface area (Å²) in [7, 11) is 0. The van der Waals surface area contributed by atoms with Crippen molar-refractivity contribution in [2.75, 3.05) is 18.0 Å². The van der Waals surface area contributed by atoms with Crippen LogP contribution >= 0.6 is 15.9 Å². The third-order valence-electron chi connectivity index (χ3n) is 3.59. The molecule has 2 heterocycles. The minimum Gasteiger partial charge on any atom is -0.330 e. The number of nitrogens with zero attached hydrogens (tertiary/aromatic N) is 2. The van der Waals surface area contributed by atoms with E-state index in [4.69, 9.17) is 5.73 Å². The summed E-state index contributed by atoms with van der Waals surface area (Å²) in [6.45, 7) is 1.18. The maximum atomic E-state index is 12.1. The summed E-state index contributed by atoms with van der Waals surface area (Å²) in [6, 6.07) is 7.89. The fourth-order valence-electron chi connectivity index (χ4n) is 2.52. The number of nitrogens with one attached hydrogen (secondary N) is 1. The van der Waals surface area contributed by atoms with E-state index in [9.17, 15) is 4.79 Å². The van der Waals surface area contributed by atoms with Crippen LogP contribution in [0.15, 0.2) is 34.9 Å². The number of aromatic amines is 1. The molecule has 1 atom stereocenters. The largest absolute Gasteiger partial charge is 0.330 e. The number of carbonyl (C=O) groups is 1. The van der Waals surface area contributed by atoms with Crippen LogP contribution in [0.4, 0.5) is 5.82 Å². The standard InChI is InChI=1S/C14H15BrN4O/c15-12-4-2-1-3-10(12)11-7-17-18-14(11)19-8-9(6-16)5-13(19)20/h1-4,7,9H,5-6,8,16H2,(H,17,18). The van der Waals surface area contributed by atoms with E-state index in [1.54, 1.807) is 11.1 Å². The highest BCUT2D eigenvalue weighted by Gasteiger charge is 2.32. The molecule has 1 amide bonds. The zero-order chi connectivity index (χ0) is 14.1. The Labute approximate surface area is 125 Å². The molecule has 1 fully saturated rings. The molecule has 0 radical (unpaired) electrons. The monoisotopic (exact) mass is 334 g/mol. The van der Waals surface area contributed by atoms with Gasteiger partial charge >= 0.3 is 0 Å². The second kappa shape index (κ2) is 5.38. The first-order valence-corrected chi connectivity index (χ1v) is 7.28. The maximum absolute atomic E-state index is 12.1. The van der Waals surface area contributed by atoms with E-state index >= 15 is 0 Å². The van der Waals surface area contributed by atoms with E-state index in [2.05, 4.69) is 26.1 Å². The highest BCUT2D eigenvalue weighted by molar-refractivity contribution is 9.10. The van der Waals surface area contributed by atoms with Crippen molar-refractivity contribution in [3.8, 4) is 11.1 Å². The van der Waals surface area contributed by atoms with Crippen LogP contribution in [-0.4, -0.2) is 29.2 Å². The lowest BCUT2D eigenvalue weighted by atomic mass is 10.1. The quantitative estimate of drug-likeness (QED) is 0.903. The average molecular weight is 335 g/mol. The summed E-state index contributed by atoms with van der Waals surface area (Å²) >= 11 is 3.54. The summed E-state index contributed by atoms with van der Waals surface area (Å²) in [4.78, 5) is 13.9. The summed E-state index contributed by atoms with van der Waals surface area (Å²) in [5.41, 5.74) is 7.61. The molecule has 3 rings (SSSR count). The second-order valence-corrected chi connectivity index (χ2v) is 5.78. The van der Waals surface area contributed by atoms with E-state index in [1.165, 1.54) is 0 Å². The van der Waals surface area contributed by atoms with Crippen molar-refractivity contribution in [2.45, 2.75) is 6.42 Å². The van der Waals surface area contributed by atoms with Gasteiger partial charge in [-0.25, -0.2) is 0 Å². The lowest BCUT2D eigenvalue weighted by Gasteiger charge is -2.16. The number of nitrogens with two attached hydrogens (primary N) is 1. The predicted molar refractivity (Wildman–Crippen MR) is 81.2 cm³/mol. The average Bonchev–Trinajstić information content (AvgIpc) is 3.05. The number of carbonyl (C=O) groups excluding carboxylic acids is 1. The minimum atomic E-state index is 0.0954. The summed E-state index contributed by atoms with van der Waals surface area (Å²) < 4.78 is 0.977. The smallest absolute Gasteiger partial charge is 0.228 e. The van der Waals surface area contributed by atoms with Gasteiger partial charge in [0.25, 0.3) is 0 Å². The van der Waals surface area contributed by atoms with Gasteiger partial charge in [-0.3, -0.25) is 14.8 Å². The maximum Gasteiger partial charge on any atom is 0.228 e. The van der Waals surface area contributed by atoms with Crippen molar-refractivity contribution in [3.05, 3.63) is 34.9 Å². The molecule has 1 aromatic heterocycles. The van der Waals surface area contributed by atoms with Crippen LogP contribution < -0.4 is 10.6 Å². The first-order chi connectivity index (χ1) is 9.70. The van der Waals surface area contributed by atoms with Crippen LogP contribution in [0.1, 0.15) is 6.42 Å². The Kier molecular flexibility index (Phi) is 3.58. The topological polar surface area (TPSA) is 75.0 Å². The molecule has 1 aliphatic rings. The van der Waals surface area contributed by atoms with Crippen LogP contribution in [0.3, 0.4) is 0 Å². The molecule has 1 aromatic carbocycles. The van der Waals surface area contributed by atoms with E-state index in [-0.39, 0.29) is 11.8 Å². The van der Waals surface area contributed by atoms with E-state index < -0.39 is 0 Å². The molecule has 20 heavy (non-hydrogen) atoms. The van der Waals surface area contributed by atoms with Crippen molar-refractivity contribution in [3.63, 3.8) is 0 Å². The normalized spacial score (nSPS) is 18.8. The Balaban J connectivity index is 1.99. The van der Waals surface area contributed by atoms with Crippen molar-refractivity contribution >= 4 is 27.7 Å². The number of amides is 1. The Bertz CT molecular complexity index is 640. The van der Waals surface area contributed by atoms with Crippen molar-refractivity contribution in [1.29, 1.82) is 0 Å². The van der Waals surface area contributed by atoms with Crippen molar-refractivity contribution in [1.82, 2.24) is 10.2 Å². The van der Waals surface area contributed by atoms with Crippen LogP contribution in [-0.2, 0) is 4.79 Å². The SMILES string of the molecule is NCC1CC(=O)N(c2[nH]ncc2-c2ccccc2Br)C1. The fourth-order valence-corrected chi connectivity index (χ4v) is 3.02. The first kappa shape index (κ1) is 13.3. The van der Waals surface area contributed by atoms with Gasteiger partial charge in [0.05, 0.1) is 6.20 Å². The van der Waals surface area contributed by atoms with Gasteiger partial charge in [-0.2, -0.15) is 5.10 Å². The molecule has 2 aromatic rings. The molecule has 0 spiro atoms. The van der Waals surface area contributed by atoms with Gasteiger partial charge in [0.2, 0.25) is 5.91 Å². The molecule has 1 saturated heterocycles. The van der Waals surface area contributed by atoms with Crippen LogP contribution in [0.2, 0.25) is 0 Å². The number of benzene rings is 1. The van der Waals surface area contributed by atoms with Crippen molar-refractivity contribution < 1.29 is 4.79 Å². The molecule has 6 heteroatoms. The lowest BCUT2D eigenvalue weighted by Crippen LogP contribution is -2.26. The van der Waals surface area contributed by atoms with Gasteiger partial charge in [0.15, 0.2) is 0 Å². The predicted octanol–water partition coefficient (Wildman–Crippen LogP) is 2.15. The van der Waals surface area contributed by atoms with E-state index in [0.717, 1.165) is 21.4 Å². The minimum absolute atomic E-state index is 0.0954. The molecule has 0 saturated carbocycles. The number of rotatable bonds is 3. The number of hydrogen-bond donors (Lipinski definition) is 2. The number of H-pyrrole nitrogens is 1. The summed E-state index contributed by atoms with van der Waals surface area (Å²) in [5.74, 6) is 1.06. The molecule has 0 bridgehead atoms. The van der Waals surface area contributed by atoms with Crippen LogP contribution in [0, 0.1) is 5.92 Å². The number of halogens is 1. The molecular formula is C14H15BrN4O. The van der Waals surface area contributed by atoms with Crippen LogP contribution in [0.5, 0.6) is 0 Å². The molecular weight excluding hydrogens is 320 g/mol. The van der Waals surface area contributed by atoms with Gasteiger partial charge in [-0.15, -0.1) is 0 Å². The molecule has 5 nitrogen and oxygen atoms in total. The zero-order valence-corrected chi connectivity index (χ0v) is 12.4. The van der Waals surface area contributed by atoms with E-state index in [0.29, 0.717) is 19.5 Å². The van der Waals surface area contributed by atoms with Gasteiger partial charge < -0.3 is 5.73 Å². The third-order valence-corrected chi connectivity index (χ3v) is 4.28. The summed E-state index contributed by atoms with van der Waals surface area (Å²) in [6.07, 6.45) is 2.25. The van der Waals surface area contributed by atoms with Crippen molar-refractivity contribution in [2.24, 2.45) is 11.7 Å². The number of aromatic nitrogens is 2. The number of hydrogen-bond acceptors (Lipinski definition) is 3. The van der Waals surface area contributed by atoms with Gasteiger partial charge in [-0.1, -0.05) is 34.1 Å².